The number of carbonyl (C=O) groups excluding carboxylic acids is 1. The van der Waals surface area contributed by atoms with Gasteiger partial charge in [0, 0.05) is 11.3 Å². The van der Waals surface area contributed by atoms with Gasteiger partial charge in [0.1, 0.15) is 4.90 Å². The molecule has 0 bridgehead atoms. The third-order valence-corrected chi connectivity index (χ3v) is 6.65. The monoisotopic (exact) mass is 494 g/mol. The number of allylic oxidation sites excluding steroid dienone is 6. The molecule has 7 heteroatoms. The maximum absolute atomic E-state index is 13.1. The van der Waals surface area contributed by atoms with E-state index in [4.69, 9.17) is 11.6 Å². The topological polar surface area (TPSA) is 75.3 Å². The van der Waals surface area contributed by atoms with Gasteiger partial charge in [-0.05, 0) is 66.5 Å². The van der Waals surface area contributed by atoms with Crippen LogP contribution in [-0.4, -0.2) is 14.3 Å². The van der Waals surface area contributed by atoms with Crippen molar-refractivity contribution in [3.63, 3.8) is 0 Å². The number of halogens is 1. The zero-order chi connectivity index (χ0) is 25.5. The van der Waals surface area contributed by atoms with E-state index in [-0.39, 0.29) is 15.5 Å². The second-order valence-corrected chi connectivity index (χ2v) is 9.50. The number of carbonyl (C=O) groups is 1. The molecule has 2 N–H and O–H groups in total. The number of aryl methyl sites for hydroxylation is 2. The summed E-state index contributed by atoms with van der Waals surface area (Å²) < 4.78 is 28.7. The van der Waals surface area contributed by atoms with Gasteiger partial charge in [-0.25, -0.2) is 8.42 Å². The summed E-state index contributed by atoms with van der Waals surface area (Å²) >= 11 is 6.20. The molecule has 0 unspecified atom stereocenters. The molecule has 176 valence electrons. The van der Waals surface area contributed by atoms with Crippen LogP contribution in [-0.2, 0) is 10.0 Å². The predicted octanol–water partition coefficient (Wildman–Crippen LogP) is 6.41. The van der Waals surface area contributed by atoms with Gasteiger partial charge in [0.25, 0.3) is 15.9 Å². The summed E-state index contributed by atoms with van der Waals surface area (Å²) in [6, 6.07) is 9.46. The van der Waals surface area contributed by atoms with Crippen LogP contribution in [0.2, 0.25) is 5.02 Å². The molecule has 2 aromatic carbocycles. The Bertz CT molecular complexity index is 1340. The SMILES string of the molecule is C=C/C=C\C(=C)C(=C)/C(=C\C=C)NC(=O)c1ccc(Cl)c(S(=O)(=O)Nc2cc(C)ccc2C)c1. The minimum absolute atomic E-state index is 0.0106. The standard InChI is InChI=1S/C27H27ClN2O3S/c1-7-9-11-19(4)21(6)24(10-8-2)29-27(31)22-14-15-23(28)26(17-22)34(32,33)30-25-16-18(3)12-13-20(25)5/h7-17,30H,1-2,4,6H2,3,5H3,(H,29,31)/b11-9-,24-10+. The fourth-order valence-corrected chi connectivity index (χ4v) is 4.53. The Morgan fingerprint density at radius 2 is 1.74 bits per heavy atom. The molecule has 0 fully saturated rings. The zero-order valence-electron chi connectivity index (χ0n) is 19.2. The molecule has 0 radical (unpaired) electrons. The van der Waals surface area contributed by atoms with E-state index in [1.54, 1.807) is 37.3 Å². The number of benzene rings is 2. The molecule has 0 aliphatic heterocycles. The summed E-state index contributed by atoms with van der Waals surface area (Å²) in [6.07, 6.45) is 8.06. The third kappa shape index (κ3) is 6.70. The molecule has 0 spiro atoms. The molecule has 34 heavy (non-hydrogen) atoms. The molecule has 0 saturated carbocycles. The molecule has 0 saturated heterocycles. The van der Waals surface area contributed by atoms with Gasteiger partial charge in [0.2, 0.25) is 0 Å². The number of hydrogen-bond acceptors (Lipinski definition) is 3. The number of anilines is 1. The van der Waals surface area contributed by atoms with Gasteiger partial charge in [0.15, 0.2) is 0 Å². The van der Waals surface area contributed by atoms with Gasteiger partial charge in [-0.15, -0.1) is 0 Å². The van der Waals surface area contributed by atoms with Crippen LogP contribution >= 0.6 is 11.6 Å². The lowest BCUT2D eigenvalue weighted by molar-refractivity contribution is 0.0966. The van der Waals surface area contributed by atoms with Crippen LogP contribution in [0.4, 0.5) is 5.69 Å². The zero-order valence-corrected chi connectivity index (χ0v) is 20.8. The first-order valence-corrected chi connectivity index (χ1v) is 12.1. The van der Waals surface area contributed by atoms with E-state index >= 15 is 0 Å². The first-order chi connectivity index (χ1) is 16.0. The van der Waals surface area contributed by atoms with E-state index in [2.05, 4.69) is 36.4 Å². The highest BCUT2D eigenvalue weighted by molar-refractivity contribution is 7.92. The highest BCUT2D eigenvalue weighted by Gasteiger charge is 2.22. The van der Waals surface area contributed by atoms with Crippen LogP contribution in [0.1, 0.15) is 21.5 Å². The van der Waals surface area contributed by atoms with E-state index < -0.39 is 15.9 Å². The van der Waals surface area contributed by atoms with E-state index in [0.717, 1.165) is 11.1 Å². The normalized spacial score (nSPS) is 11.7. The molecular weight excluding hydrogens is 468 g/mol. The van der Waals surface area contributed by atoms with Crippen molar-refractivity contribution in [2.24, 2.45) is 0 Å². The predicted molar refractivity (Wildman–Crippen MR) is 142 cm³/mol. The maximum atomic E-state index is 13.1. The molecule has 0 aliphatic carbocycles. The summed E-state index contributed by atoms with van der Waals surface area (Å²) in [6.45, 7) is 18.8. The highest BCUT2D eigenvalue weighted by atomic mass is 35.5. The lowest BCUT2D eigenvalue weighted by Gasteiger charge is -2.15. The third-order valence-electron chi connectivity index (χ3n) is 4.80. The van der Waals surface area contributed by atoms with Crippen LogP contribution in [0.25, 0.3) is 0 Å². The van der Waals surface area contributed by atoms with Crippen molar-refractivity contribution in [3.05, 3.63) is 132 Å². The first-order valence-electron chi connectivity index (χ1n) is 10.2. The van der Waals surface area contributed by atoms with Crippen LogP contribution in [0.5, 0.6) is 0 Å². The van der Waals surface area contributed by atoms with Crippen molar-refractivity contribution in [1.29, 1.82) is 0 Å². The Morgan fingerprint density at radius 3 is 2.38 bits per heavy atom. The number of rotatable bonds is 10. The number of amides is 1. The second kappa shape index (κ2) is 11.5. The van der Waals surface area contributed by atoms with Crippen LogP contribution in [0.15, 0.2) is 115 Å². The summed E-state index contributed by atoms with van der Waals surface area (Å²) in [5.41, 5.74) is 3.57. The highest BCUT2D eigenvalue weighted by Crippen LogP contribution is 2.27. The molecule has 5 nitrogen and oxygen atoms in total. The van der Waals surface area contributed by atoms with Gasteiger partial charge in [-0.3, -0.25) is 9.52 Å². The van der Waals surface area contributed by atoms with Crippen molar-refractivity contribution >= 4 is 33.2 Å². The van der Waals surface area contributed by atoms with Crippen LogP contribution in [0.3, 0.4) is 0 Å². The molecule has 0 atom stereocenters. The van der Waals surface area contributed by atoms with Gasteiger partial charge < -0.3 is 5.32 Å². The van der Waals surface area contributed by atoms with Crippen LogP contribution < -0.4 is 10.0 Å². The number of nitrogens with one attached hydrogen (secondary N) is 2. The van der Waals surface area contributed by atoms with E-state index in [0.29, 0.717) is 22.5 Å². The Hall–Kier alpha value is -3.61. The summed E-state index contributed by atoms with van der Waals surface area (Å²) in [7, 11) is -4.06. The Kier molecular flexibility index (Phi) is 9.01. The van der Waals surface area contributed by atoms with Gasteiger partial charge in [-0.2, -0.15) is 0 Å². The minimum atomic E-state index is -4.06. The van der Waals surface area contributed by atoms with Gasteiger partial charge in [-0.1, -0.05) is 74.4 Å². The van der Waals surface area contributed by atoms with E-state index in [1.807, 2.05) is 19.1 Å². The number of sulfonamides is 1. The molecule has 1 amide bonds. The molecule has 2 aromatic rings. The Balaban J connectivity index is 2.37. The molecule has 2 rings (SSSR count). The number of hydrogen-bond donors (Lipinski definition) is 2. The van der Waals surface area contributed by atoms with Crippen molar-refractivity contribution < 1.29 is 13.2 Å². The molecule has 0 aromatic heterocycles. The maximum Gasteiger partial charge on any atom is 0.263 e. The van der Waals surface area contributed by atoms with Crippen molar-refractivity contribution in [3.8, 4) is 0 Å². The average molecular weight is 495 g/mol. The Labute approximate surface area is 206 Å². The average Bonchev–Trinajstić information content (AvgIpc) is 2.78. The van der Waals surface area contributed by atoms with Crippen molar-refractivity contribution in [2.45, 2.75) is 18.7 Å². The Morgan fingerprint density at radius 1 is 1.03 bits per heavy atom. The first kappa shape index (κ1) is 26.6. The minimum Gasteiger partial charge on any atom is -0.321 e. The summed E-state index contributed by atoms with van der Waals surface area (Å²) in [5.74, 6) is -0.547. The molecule has 0 heterocycles. The lowest BCUT2D eigenvalue weighted by Crippen LogP contribution is -2.24. The van der Waals surface area contributed by atoms with Gasteiger partial charge >= 0.3 is 0 Å². The quantitative estimate of drug-likeness (QED) is 0.374. The smallest absolute Gasteiger partial charge is 0.263 e. The largest absolute Gasteiger partial charge is 0.321 e. The summed E-state index contributed by atoms with van der Waals surface area (Å²) in [4.78, 5) is 12.8. The fraction of sp³-hybridized carbons (Fsp3) is 0.0741. The van der Waals surface area contributed by atoms with E-state index in [1.165, 1.54) is 24.3 Å². The van der Waals surface area contributed by atoms with Gasteiger partial charge in [0.05, 0.1) is 10.7 Å². The van der Waals surface area contributed by atoms with Crippen LogP contribution in [0, 0.1) is 13.8 Å². The molecular formula is C27H27ClN2O3S. The van der Waals surface area contributed by atoms with Crippen molar-refractivity contribution in [1.82, 2.24) is 5.32 Å². The molecule has 0 aliphatic rings. The van der Waals surface area contributed by atoms with Crippen molar-refractivity contribution in [2.75, 3.05) is 4.72 Å². The second-order valence-electron chi connectivity index (χ2n) is 7.44. The fourth-order valence-electron chi connectivity index (χ4n) is 2.88. The summed E-state index contributed by atoms with van der Waals surface area (Å²) in [5, 5.41) is 2.72. The lowest BCUT2D eigenvalue weighted by atomic mass is 10.0. The van der Waals surface area contributed by atoms with E-state index in [9.17, 15) is 13.2 Å².